The number of hydrogen-bond acceptors (Lipinski definition) is 4. The molecule has 0 aliphatic rings. The van der Waals surface area contributed by atoms with Gasteiger partial charge in [0, 0.05) is 15.6 Å². The average Bonchev–Trinajstić information content (AvgIpc) is 2.56. The summed E-state index contributed by atoms with van der Waals surface area (Å²) in [7, 11) is 3.13. The first-order valence-electron chi connectivity index (χ1n) is 6.86. The van der Waals surface area contributed by atoms with E-state index in [4.69, 9.17) is 9.47 Å². The van der Waals surface area contributed by atoms with Crippen LogP contribution in [-0.2, 0) is 0 Å². The molecule has 120 valence electrons. The van der Waals surface area contributed by atoms with E-state index < -0.39 is 0 Å². The molecule has 0 heterocycles. The van der Waals surface area contributed by atoms with Gasteiger partial charge in [-0.05, 0) is 47.1 Å². The summed E-state index contributed by atoms with van der Waals surface area (Å²) in [5, 5.41) is 3.98. The van der Waals surface area contributed by atoms with Gasteiger partial charge in [0.2, 0.25) is 0 Å². The summed E-state index contributed by atoms with van der Waals surface area (Å²) in [6.45, 7) is 1.97. The lowest BCUT2D eigenvalue weighted by molar-refractivity contribution is 0.0955. The van der Waals surface area contributed by atoms with Crippen LogP contribution in [0.1, 0.15) is 21.5 Å². The number of hydrogen-bond donors (Lipinski definition) is 1. The van der Waals surface area contributed by atoms with E-state index in [1.54, 1.807) is 38.5 Å². The number of methoxy groups -OCH3 is 2. The minimum Gasteiger partial charge on any atom is -0.493 e. The second-order valence-electron chi connectivity index (χ2n) is 4.79. The third-order valence-corrected chi connectivity index (χ3v) is 3.87. The maximum atomic E-state index is 12.0. The van der Waals surface area contributed by atoms with Gasteiger partial charge in [-0.2, -0.15) is 5.10 Å². The molecule has 5 nitrogen and oxygen atoms in total. The SMILES string of the molecule is COc1cc(Br)c(/C=N\NC(=O)c2ccc(C)cc2)cc1OC. The molecule has 0 aliphatic heterocycles. The summed E-state index contributed by atoms with van der Waals surface area (Å²) in [5.41, 5.74) is 4.91. The standard InChI is InChI=1S/C17H17BrN2O3/c1-11-4-6-12(7-5-11)17(21)20-19-10-13-8-15(22-2)16(23-3)9-14(13)18/h4-10H,1-3H3,(H,20,21)/b19-10-. The minimum absolute atomic E-state index is 0.266. The molecule has 0 aromatic heterocycles. The topological polar surface area (TPSA) is 59.9 Å². The van der Waals surface area contributed by atoms with Gasteiger partial charge in [0.05, 0.1) is 20.4 Å². The van der Waals surface area contributed by atoms with Crippen molar-refractivity contribution in [1.82, 2.24) is 5.43 Å². The second-order valence-corrected chi connectivity index (χ2v) is 5.65. The highest BCUT2D eigenvalue weighted by molar-refractivity contribution is 9.10. The van der Waals surface area contributed by atoms with Crippen molar-refractivity contribution in [2.24, 2.45) is 5.10 Å². The number of hydrazone groups is 1. The molecule has 0 spiro atoms. The second kappa shape index (κ2) is 7.78. The Morgan fingerprint density at radius 2 is 1.74 bits per heavy atom. The molecule has 2 rings (SSSR count). The Morgan fingerprint density at radius 1 is 1.13 bits per heavy atom. The molecule has 23 heavy (non-hydrogen) atoms. The van der Waals surface area contributed by atoms with E-state index in [0.717, 1.165) is 15.6 Å². The molecule has 6 heteroatoms. The predicted molar refractivity (Wildman–Crippen MR) is 93.5 cm³/mol. The van der Waals surface area contributed by atoms with Crippen LogP contribution in [0, 0.1) is 6.92 Å². The van der Waals surface area contributed by atoms with Gasteiger partial charge in [0.1, 0.15) is 0 Å². The van der Waals surface area contributed by atoms with Gasteiger partial charge in [-0.15, -0.1) is 0 Å². The van der Waals surface area contributed by atoms with Gasteiger partial charge in [0.15, 0.2) is 11.5 Å². The van der Waals surface area contributed by atoms with Crippen molar-refractivity contribution in [2.45, 2.75) is 6.92 Å². The highest BCUT2D eigenvalue weighted by atomic mass is 79.9. The molecule has 2 aromatic rings. The number of nitrogens with zero attached hydrogens (tertiary/aromatic N) is 1. The lowest BCUT2D eigenvalue weighted by atomic mass is 10.1. The fraction of sp³-hybridized carbons (Fsp3) is 0.176. The Balaban J connectivity index is 2.11. The number of amides is 1. The molecule has 0 unspecified atom stereocenters. The summed E-state index contributed by atoms with van der Waals surface area (Å²) in [5.74, 6) is 0.931. The number of rotatable bonds is 5. The highest BCUT2D eigenvalue weighted by Crippen LogP contribution is 2.32. The number of benzene rings is 2. The smallest absolute Gasteiger partial charge is 0.271 e. The molecular formula is C17H17BrN2O3. The largest absolute Gasteiger partial charge is 0.493 e. The van der Waals surface area contributed by atoms with E-state index in [2.05, 4.69) is 26.5 Å². The summed E-state index contributed by atoms with van der Waals surface area (Å²) in [4.78, 5) is 12.0. The van der Waals surface area contributed by atoms with Crippen molar-refractivity contribution >= 4 is 28.1 Å². The van der Waals surface area contributed by atoms with Crippen molar-refractivity contribution < 1.29 is 14.3 Å². The van der Waals surface area contributed by atoms with Crippen LogP contribution in [0.3, 0.4) is 0 Å². The Hall–Kier alpha value is -2.34. The zero-order chi connectivity index (χ0) is 16.8. The fourth-order valence-electron chi connectivity index (χ4n) is 1.90. The van der Waals surface area contributed by atoms with E-state index >= 15 is 0 Å². The fourth-order valence-corrected chi connectivity index (χ4v) is 2.32. The number of aryl methyl sites for hydroxylation is 1. The third kappa shape index (κ3) is 4.32. The van der Waals surface area contributed by atoms with Crippen LogP contribution in [-0.4, -0.2) is 26.3 Å². The van der Waals surface area contributed by atoms with Gasteiger partial charge in [-0.25, -0.2) is 5.43 Å². The van der Waals surface area contributed by atoms with Gasteiger partial charge in [0.25, 0.3) is 5.91 Å². The van der Waals surface area contributed by atoms with Crippen LogP contribution in [0.2, 0.25) is 0 Å². The van der Waals surface area contributed by atoms with Crippen molar-refractivity contribution in [2.75, 3.05) is 14.2 Å². The zero-order valence-corrected chi connectivity index (χ0v) is 14.7. The minimum atomic E-state index is -0.266. The lowest BCUT2D eigenvalue weighted by Gasteiger charge is -2.09. The van der Waals surface area contributed by atoms with Crippen molar-refractivity contribution in [3.05, 3.63) is 57.6 Å². The normalized spacial score (nSPS) is 10.6. The predicted octanol–water partition coefficient (Wildman–Crippen LogP) is 3.54. The summed E-state index contributed by atoms with van der Waals surface area (Å²) >= 11 is 3.43. The first-order valence-corrected chi connectivity index (χ1v) is 7.66. The molecule has 0 saturated carbocycles. The Labute approximate surface area is 143 Å². The van der Waals surface area contributed by atoms with E-state index in [1.807, 2.05) is 19.1 Å². The maximum absolute atomic E-state index is 12.0. The first-order chi connectivity index (χ1) is 11.0. The summed E-state index contributed by atoms with van der Waals surface area (Å²) in [6.07, 6.45) is 1.54. The quantitative estimate of drug-likeness (QED) is 0.641. The van der Waals surface area contributed by atoms with E-state index in [-0.39, 0.29) is 5.91 Å². The summed E-state index contributed by atoms with van der Waals surface area (Å²) < 4.78 is 11.2. The molecule has 2 aromatic carbocycles. The van der Waals surface area contributed by atoms with Gasteiger partial charge in [-0.1, -0.05) is 17.7 Å². The highest BCUT2D eigenvalue weighted by Gasteiger charge is 2.08. The van der Waals surface area contributed by atoms with E-state index in [0.29, 0.717) is 17.1 Å². The van der Waals surface area contributed by atoms with Crippen LogP contribution in [0.5, 0.6) is 11.5 Å². The molecule has 1 amide bonds. The molecule has 1 N–H and O–H groups in total. The van der Waals surface area contributed by atoms with Crippen molar-refractivity contribution in [1.29, 1.82) is 0 Å². The van der Waals surface area contributed by atoms with Crippen LogP contribution in [0.25, 0.3) is 0 Å². The monoisotopic (exact) mass is 376 g/mol. The molecular weight excluding hydrogens is 360 g/mol. The molecule has 0 radical (unpaired) electrons. The number of halogens is 1. The zero-order valence-electron chi connectivity index (χ0n) is 13.1. The Bertz CT molecular complexity index is 727. The van der Waals surface area contributed by atoms with Crippen LogP contribution >= 0.6 is 15.9 Å². The lowest BCUT2D eigenvalue weighted by Crippen LogP contribution is -2.17. The van der Waals surface area contributed by atoms with Crippen molar-refractivity contribution in [3.63, 3.8) is 0 Å². The van der Waals surface area contributed by atoms with E-state index in [9.17, 15) is 4.79 Å². The van der Waals surface area contributed by atoms with Gasteiger partial charge < -0.3 is 9.47 Å². The first kappa shape index (κ1) is 17.0. The Kier molecular flexibility index (Phi) is 5.76. The van der Waals surface area contributed by atoms with E-state index in [1.165, 1.54) is 6.21 Å². The molecule has 0 bridgehead atoms. The van der Waals surface area contributed by atoms with Crippen LogP contribution in [0.4, 0.5) is 0 Å². The number of carbonyl (C=O) groups is 1. The summed E-state index contributed by atoms with van der Waals surface area (Å²) in [6, 6.07) is 10.8. The molecule has 0 aliphatic carbocycles. The number of carbonyl (C=O) groups excluding carboxylic acids is 1. The van der Waals surface area contributed by atoms with Crippen molar-refractivity contribution in [3.8, 4) is 11.5 Å². The molecule has 0 atom stereocenters. The van der Waals surface area contributed by atoms with Crippen LogP contribution < -0.4 is 14.9 Å². The Morgan fingerprint density at radius 3 is 2.35 bits per heavy atom. The molecule has 0 fully saturated rings. The number of nitrogens with one attached hydrogen (secondary N) is 1. The van der Waals surface area contributed by atoms with Crippen LogP contribution in [0.15, 0.2) is 46.0 Å². The maximum Gasteiger partial charge on any atom is 0.271 e. The third-order valence-electron chi connectivity index (χ3n) is 3.19. The van der Waals surface area contributed by atoms with Gasteiger partial charge >= 0.3 is 0 Å². The average molecular weight is 377 g/mol. The number of ether oxygens (including phenoxy) is 2. The van der Waals surface area contributed by atoms with Gasteiger partial charge in [-0.3, -0.25) is 4.79 Å². The molecule has 0 saturated heterocycles.